The van der Waals surface area contributed by atoms with Crippen LogP contribution in [0.1, 0.15) is 9.67 Å². The maximum Gasteiger partial charge on any atom is 0.344 e. The molecule has 0 aromatic carbocycles. The van der Waals surface area contributed by atoms with Crippen LogP contribution in [0.15, 0.2) is 14.3 Å². The van der Waals surface area contributed by atoms with Gasteiger partial charge in [-0.2, -0.15) is 0 Å². The van der Waals surface area contributed by atoms with E-state index in [2.05, 4.69) is 31.9 Å². The summed E-state index contributed by atoms with van der Waals surface area (Å²) in [6.07, 6.45) is 0. The van der Waals surface area contributed by atoms with Gasteiger partial charge in [-0.25, -0.2) is 0 Å². The van der Waals surface area contributed by atoms with Gasteiger partial charge in [0.15, 0.2) is 0 Å². The van der Waals surface area contributed by atoms with Crippen LogP contribution in [0, 0.1) is 0 Å². The van der Waals surface area contributed by atoms with Crippen LogP contribution in [0.5, 0.6) is 0 Å². The molecule has 0 unspecified atom stereocenters. The number of nitrogens with two attached hydrogens (primary N) is 1. The van der Waals surface area contributed by atoms with E-state index in [0.717, 1.165) is 25.6 Å². The number of aromatic carboxylic acids is 1. The van der Waals surface area contributed by atoms with Gasteiger partial charge in [0.25, 0.3) is 0 Å². The average Bonchev–Trinajstić information content (AvgIpc) is 2.59. The first-order valence-electron chi connectivity index (χ1n) is 4.80. The quantitative estimate of drug-likeness (QED) is 0.429. The fourth-order valence-corrected chi connectivity index (χ4v) is 2.72. The molecule has 0 atom stereocenters. The SMILES string of the molecule is CN(C)C(N)=[N+](C)C.O=C([O-])c1cc(Br)c(Br)s1. The van der Waals surface area contributed by atoms with Gasteiger partial charge in [0.1, 0.15) is 0 Å². The van der Waals surface area contributed by atoms with Crippen LogP contribution >= 0.6 is 43.2 Å². The number of carbonyl (C=O) groups is 1. The number of rotatable bonds is 1. The zero-order valence-electron chi connectivity index (χ0n) is 10.5. The van der Waals surface area contributed by atoms with E-state index in [1.54, 1.807) is 0 Å². The third-order valence-corrected chi connectivity index (χ3v) is 5.00. The van der Waals surface area contributed by atoms with E-state index in [1.807, 2.05) is 37.7 Å². The van der Waals surface area contributed by atoms with Gasteiger partial charge in [-0.3, -0.25) is 15.2 Å². The van der Waals surface area contributed by atoms with Crippen molar-refractivity contribution in [3.63, 3.8) is 0 Å². The van der Waals surface area contributed by atoms with Crippen LogP contribution in [0.3, 0.4) is 0 Å². The predicted molar refractivity (Wildman–Crippen MR) is 79.0 cm³/mol. The van der Waals surface area contributed by atoms with Gasteiger partial charge in [-0.05, 0) is 37.9 Å². The van der Waals surface area contributed by atoms with Crippen LogP contribution < -0.4 is 10.8 Å². The molecule has 0 aliphatic carbocycles. The Kier molecular flexibility index (Phi) is 7.49. The summed E-state index contributed by atoms with van der Waals surface area (Å²) in [7, 11) is 7.65. The van der Waals surface area contributed by atoms with Crippen molar-refractivity contribution in [3.05, 3.63) is 19.2 Å². The first-order chi connectivity index (χ1) is 8.16. The fourth-order valence-electron chi connectivity index (χ4n) is 0.847. The second kappa shape index (κ2) is 7.75. The second-order valence-electron chi connectivity index (χ2n) is 3.67. The van der Waals surface area contributed by atoms with Crippen molar-refractivity contribution in [1.29, 1.82) is 0 Å². The smallest absolute Gasteiger partial charge is 0.344 e. The minimum absolute atomic E-state index is 0.221. The molecule has 0 amide bonds. The Labute approximate surface area is 127 Å². The molecule has 0 fully saturated rings. The normalized spacial score (nSPS) is 9.22. The van der Waals surface area contributed by atoms with Gasteiger partial charge < -0.3 is 9.90 Å². The van der Waals surface area contributed by atoms with E-state index in [-0.39, 0.29) is 4.88 Å². The third-order valence-electron chi connectivity index (χ3n) is 1.76. The predicted octanol–water partition coefficient (Wildman–Crippen LogP) is 0.771. The minimum Gasteiger partial charge on any atom is -0.544 e. The molecule has 0 bridgehead atoms. The number of thiophene rings is 1. The van der Waals surface area contributed by atoms with E-state index in [1.165, 1.54) is 6.07 Å². The minimum atomic E-state index is -1.14. The lowest BCUT2D eigenvalue weighted by atomic mass is 10.5. The zero-order valence-corrected chi connectivity index (χ0v) is 14.5. The Morgan fingerprint density at radius 3 is 2.06 bits per heavy atom. The topological polar surface area (TPSA) is 72.4 Å². The van der Waals surface area contributed by atoms with E-state index in [4.69, 9.17) is 5.73 Å². The second-order valence-corrected chi connectivity index (χ2v) is 6.89. The van der Waals surface area contributed by atoms with Gasteiger partial charge in [0, 0.05) is 4.47 Å². The summed E-state index contributed by atoms with van der Waals surface area (Å²) in [5.41, 5.74) is 5.53. The summed E-state index contributed by atoms with van der Waals surface area (Å²) >= 11 is 7.45. The molecule has 0 saturated carbocycles. The molecule has 0 aliphatic heterocycles. The molecule has 0 radical (unpaired) electrons. The maximum atomic E-state index is 10.2. The number of hydrogen-bond donors (Lipinski definition) is 1. The van der Waals surface area contributed by atoms with Gasteiger partial charge >= 0.3 is 5.96 Å². The lowest BCUT2D eigenvalue weighted by Crippen LogP contribution is -2.36. The van der Waals surface area contributed by atoms with Gasteiger partial charge in [0.2, 0.25) is 0 Å². The van der Waals surface area contributed by atoms with Crippen molar-refractivity contribution in [1.82, 2.24) is 4.90 Å². The summed E-state index contributed by atoms with van der Waals surface area (Å²) < 4.78 is 3.38. The van der Waals surface area contributed by atoms with Crippen LogP contribution in [0.25, 0.3) is 0 Å². The van der Waals surface area contributed by atoms with Gasteiger partial charge in [-0.1, -0.05) is 0 Å². The standard InChI is InChI=1S/C5H2Br2O2S.C5H13N3/c6-2-1-3(5(8)9)10-4(2)7;1-7(2)5(6)8(3)4/h1H,(H,8,9);6H,1-4H3. The van der Waals surface area contributed by atoms with Crippen LogP contribution in [-0.4, -0.2) is 49.6 Å². The summed E-state index contributed by atoms with van der Waals surface area (Å²) in [5, 5.41) is 10.2. The Bertz CT molecular complexity index is 434. The summed E-state index contributed by atoms with van der Waals surface area (Å²) in [6.45, 7) is 0. The van der Waals surface area contributed by atoms with E-state index in [0.29, 0.717) is 0 Å². The molecule has 1 aromatic heterocycles. The Hall–Kier alpha value is -0.600. The number of hydrogen-bond acceptors (Lipinski definition) is 3. The van der Waals surface area contributed by atoms with E-state index < -0.39 is 5.97 Å². The highest BCUT2D eigenvalue weighted by Gasteiger charge is 2.03. The summed E-state index contributed by atoms with van der Waals surface area (Å²) in [6, 6.07) is 1.50. The van der Waals surface area contributed by atoms with Gasteiger partial charge in [-0.15, -0.1) is 11.3 Å². The van der Waals surface area contributed by atoms with Crippen LogP contribution in [-0.2, 0) is 0 Å². The highest BCUT2D eigenvalue weighted by Crippen LogP contribution is 2.31. The van der Waals surface area contributed by atoms with Crippen molar-refractivity contribution in [2.45, 2.75) is 0 Å². The lowest BCUT2D eigenvalue weighted by molar-refractivity contribution is -0.470. The molecule has 5 nitrogen and oxygen atoms in total. The highest BCUT2D eigenvalue weighted by atomic mass is 79.9. The van der Waals surface area contributed by atoms with Crippen molar-refractivity contribution in [2.75, 3.05) is 28.2 Å². The number of halogens is 2. The monoisotopic (exact) mass is 399 g/mol. The van der Waals surface area contributed by atoms with E-state index in [9.17, 15) is 9.90 Å². The average molecular weight is 401 g/mol. The first-order valence-corrected chi connectivity index (χ1v) is 7.20. The number of nitrogens with zero attached hydrogens (tertiary/aromatic N) is 2. The Balaban J connectivity index is 0.000000331. The molecule has 1 heterocycles. The molecule has 102 valence electrons. The molecular weight excluding hydrogens is 386 g/mol. The first kappa shape index (κ1) is 17.4. The van der Waals surface area contributed by atoms with Crippen molar-refractivity contribution >= 4 is 55.1 Å². The van der Waals surface area contributed by atoms with Crippen LogP contribution in [0.4, 0.5) is 0 Å². The lowest BCUT2D eigenvalue weighted by Gasteiger charge is -2.04. The fraction of sp³-hybridized carbons (Fsp3) is 0.400. The molecule has 18 heavy (non-hydrogen) atoms. The van der Waals surface area contributed by atoms with Crippen molar-refractivity contribution < 1.29 is 14.5 Å². The van der Waals surface area contributed by atoms with Gasteiger partial charge in [0.05, 0.1) is 42.8 Å². The van der Waals surface area contributed by atoms with Crippen LogP contribution in [0.2, 0.25) is 0 Å². The highest BCUT2D eigenvalue weighted by molar-refractivity contribution is 9.13. The number of carbonyl (C=O) groups excluding carboxylic acids is 1. The Morgan fingerprint density at radius 2 is 1.94 bits per heavy atom. The molecule has 1 aromatic rings. The van der Waals surface area contributed by atoms with Crippen molar-refractivity contribution in [3.8, 4) is 0 Å². The Morgan fingerprint density at radius 1 is 1.44 bits per heavy atom. The molecule has 8 heteroatoms. The molecule has 1 rings (SSSR count). The number of carboxylic acid groups (broad SMARTS) is 1. The zero-order chi connectivity index (χ0) is 14.5. The van der Waals surface area contributed by atoms with E-state index >= 15 is 0 Å². The molecule has 0 spiro atoms. The summed E-state index contributed by atoms with van der Waals surface area (Å²) in [4.78, 5) is 12.3. The molecule has 0 aliphatic rings. The number of carboxylic acids is 1. The van der Waals surface area contributed by atoms with Crippen molar-refractivity contribution in [2.24, 2.45) is 5.73 Å². The number of guanidine groups is 1. The third kappa shape index (κ3) is 5.83. The molecular formula is C10H15Br2N3O2S. The molecule has 0 saturated heterocycles. The largest absolute Gasteiger partial charge is 0.544 e. The molecule has 2 N–H and O–H groups in total. The maximum absolute atomic E-state index is 10.2. The summed E-state index contributed by atoms with van der Waals surface area (Å²) in [5.74, 6) is -0.374.